The molecule has 0 atom stereocenters. The van der Waals surface area contributed by atoms with Gasteiger partial charge in [0.05, 0.1) is 6.10 Å². The number of ether oxygens (including phenoxy) is 1. The van der Waals surface area contributed by atoms with Crippen LogP contribution in [0.4, 0.5) is 0 Å². The fourth-order valence-electron chi connectivity index (χ4n) is 2.85. The van der Waals surface area contributed by atoms with Gasteiger partial charge in [-0.15, -0.1) is 0 Å². The molecule has 0 aliphatic heterocycles. The van der Waals surface area contributed by atoms with Gasteiger partial charge >= 0.3 is 0 Å². The van der Waals surface area contributed by atoms with Crippen molar-refractivity contribution in [1.29, 1.82) is 0 Å². The summed E-state index contributed by atoms with van der Waals surface area (Å²) in [4.78, 5) is 12.5. The van der Waals surface area contributed by atoms with Crippen LogP contribution in [0.1, 0.15) is 29.8 Å². The van der Waals surface area contributed by atoms with Gasteiger partial charge in [0.25, 0.3) is 5.91 Å². The highest BCUT2D eigenvalue weighted by molar-refractivity contribution is 6.06. The van der Waals surface area contributed by atoms with Crippen LogP contribution < -0.4 is 10.1 Å². The quantitative estimate of drug-likeness (QED) is 0.716. The SMILES string of the molecule is CC(C)Oc1ccc(CCNC(=O)c2cccc3ccccc23)cc1. The van der Waals surface area contributed by atoms with E-state index in [1.165, 1.54) is 5.56 Å². The van der Waals surface area contributed by atoms with Crippen molar-refractivity contribution in [1.82, 2.24) is 5.32 Å². The molecule has 1 N–H and O–H groups in total. The number of amides is 1. The summed E-state index contributed by atoms with van der Waals surface area (Å²) in [6, 6.07) is 21.8. The van der Waals surface area contributed by atoms with E-state index >= 15 is 0 Å². The van der Waals surface area contributed by atoms with E-state index in [1.54, 1.807) is 0 Å². The normalized spacial score (nSPS) is 10.8. The number of carbonyl (C=O) groups is 1. The molecule has 3 aromatic carbocycles. The minimum Gasteiger partial charge on any atom is -0.491 e. The van der Waals surface area contributed by atoms with Crippen molar-refractivity contribution in [3.05, 3.63) is 77.9 Å². The molecule has 0 heterocycles. The number of fused-ring (bicyclic) bond motifs is 1. The van der Waals surface area contributed by atoms with Gasteiger partial charge in [-0.2, -0.15) is 0 Å². The minimum absolute atomic E-state index is 0.0310. The highest BCUT2D eigenvalue weighted by Gasteiger charge is 2.09. The van der Waals surface area contributed by atoms with Gasteiger partial charge in [-0.05, 0) is 54.8 Å². The summed E-state index contributed by atoms with van der Waals surface area (Å²) in [5.41, 5.74) is 1.90. The molecule has 25 heavy (non-hydrogen) atoms. The predicted octanol–water partition coefficient (Wildman–Crippen LogP) is 4.60. The Hall–Kier alpha value is -2.81. The summed E-state index contributed by atoms with van der Waals surface area (Å²) in [5.74, 6) is 0.843. The smallest absolute Gasteiger partial charge is 0.251 e. The van der Waals surface area contributed by atoms with E-state index in [0.717, 1.165) is 28.5 Å². The van der Waals surface area contributed by atoms with Gasteiger partial charge in [-0.25, -0.2) is 0 Å². The molecule has 3 aromatic rings. The van der Waals surface area contributed by atoms with Crippen LogP contribution >= 0.6 is 0 Å². The highest BCUT2D eigenvalue weighted by Crippen LogP contribution is 2.18. The van der Waals surface area contributed by atoms with Crippen LogP contribution in [-0.2, 0) is 6.42 Å². The second-order valence-electron chi connectivity index (χ2n) is 6.34. The fourth-order valence-corrected chi connectivity index (χ4v) is 2.85. The first-order chi connectivity index (χ1) is 12.1. The van der Waals surface area contributed by atoms with Gasteiger partial charge in [0.1, 0.15) is 5.75 Å². The summed E-state index contributed by atoms with van der Waals surface area (Å²) >= 11 is 0. The molecular weight excluding hydrogens is 310 g/mol. The lowest BCUT2D eigenvalue weighted by molar-refractivity contribution is 0.0956. The summed E-state index contributed by atoms with van der Waals surface area (Å²) < 4.78 is 5.64. The molecule has 128 valence electrons. The van der Waals surface area contributed by atoms with Crippen LogP contribution in [0.25, 0.3) is 10.8 Å². The van der Waals surface area contributed by atoms with E-state index in [4.69, 9.17) is 4.74 Å². The lowest BCUT2D eigenvalue weighted by Crippen LogP contribution is -2.25. The van der Waals surface area contributed by atoms with Crippen LogP contribution in [-0.4, -0.2) is 18.6 Å². The van der Waals surface area contributed by atoms with E-state index in [9.17, 15) is 4.79 Å². The molecule has 3 rings (SSSR count). The average Bonchev–Trinajstić information content (AvgIpc) is 2.62. The van der Waals surface area contributed by atoms with Gasteiger partial charge in [-0.1, -0.05) is 48.5 Å². The Morgan fingerprint density at radius 3 is 2.44 bits per heavy atom. The molecule has 0 unspecified atom stereocenters. The maximum Gasteiger partial charge on any atom is 0.251 e. The van der Waals surface area contributed by atoms with E-state index in [2.05, 4.69) is 5.32 Å². The molecule has 3 heteroatoms. The number of carbonyl (C=O) groups excluding carboxylic acids is 1. The first-order valence-electron chi connectivity index (χ1n) is 8.65. The average molecular weight is 333 g/mol. The Morgan fingerprint density at radius 1 is 0.960 bits per heavy atom. The third-order valence-electron chi connectivity index (χ3n) is 4.03. The lowest BCUT2D eigenvalue weighted by Gasteiger charge is -2.11. The van der Waals surface area contributed by atoms with Crippen LogP contribution in [0.2, 0.25) is 0 Å². The summed E-state index contributed by atoms with van der Waals surface area (Å²) in [6.07, 6.45) is 0.962. The standard InChI is InChI=1S/C22H23NO2/c1-16(2)25-19-12-10-17(11-13-19)14-15-23-22(24)21-9-5-7-18-6-3-4-8-20(18)21/h3-13,16H,14-15H2,1-2H3,(H,23,24). The van der Waals surface area contributed by atoms with Crippen LogP contribution in [0.5, 0.6) is 5.75 Å². The van der Waals surface area contributed by atoms with Gasteiger partial charge in [0.2, 0.25) is 0 Å². The van der Waals surface area contributed by atoms with Crippen molar-refractivity contribution in [3.8, 4) is 5.75 Å². The molecule has 0 saturated heterocycles. The van der Waals surface area contributed by atoms with Crippen molar-refractivity contribution < 1.29 is 9.53 Å². The van der Waals surface area contributed by atoms with E-state index in [0.29, 0.717) is 6.54 Å². The highest BCUT2D eigenvalue weighted by atomic mass is 16.5. The van der Waals surface area contributed by atoms with Gasteiger partial charge in [0, 0.05) is 12.1 Å². The van der Waals surface area contributed by atoms with E-state index in [-0.39, 0.29) is 12.0 Å². The molecule has 0 fully saturated rings. The second kappa shape index (κ2) is 7.84. The molecule has 0 aromatic heterocycles. The third-order valence-corrected chi connectivity index (χ3v) is 4.03. The molecular formula is C22H23NO2. The van der Waals surface area contributed by atoms with Crippen molar-refractivity contribution in [2.45, 2.75) is 26.4 Å². The molecule has 0 aliphatic carbocycles. The van der Waals surface area contributed by atoms with Crippen LogP contribution in [0.15, 0.2) is 66.7 Å². The minimum atomic E-state index is -0.0310. The number of hydrogen-bond acceptors (Lipinski definition) is 2. The van der Waals surface area contributed by atoms with Crippen molar-refractivity contribution in [2.75, 3.05) is 6.54 Å². The zero-order valence-corrected chi connectivity index (χ0v) is 14.7. The largest absolute Gasteiger partial charge is 0.491 e. The Morgan fingerprint density at radius 2 is 1.68 bits per heavy atom. The van der Waals surface area contributed by atoms with Crippen molar-refractivity contribution >= 4 is 16.7 Å². The van der Waals surface area contributed by atoms with Crippen molar-refractivity contribution in [2.24, 2.45) is 0 Å². The van der Waals surface area contributed by atoms with E-state index in [1.807, 2.05) is 80.6 Å². The Kier molecular flexibility index (Phi) is 5.34. The monoisotopic (exact) mass is 333 g/mol. The molecule has 0 spiro atoms. The Balaban J connectivity index is 1.59. The zero-order chi connectivity index (χ0) is 17.6. The molecule has 0 bridgehead atoms. The first-order valence-corrected chi connectivity index (χ1v) is 8.65. The van der Waals surface area contributed by atoms with Gasteiger partial charge < -0.3 is 10.1 Å². The van der Waals surface area contributed by atoms with Gasteiger partial charge in [0.15, 0.2) is 0 Å². The Labute approximate surface area is 148 Å². The third kappa shape index (κ3) is 4.38. The predicted molar refractivity (Wildman–Crippen MR) is 102 cm³/mol. The van der Waals surface area contributed by atoms with E-state index < -0.39 is 0 Å². The van der Waals surface area contributed by atoms with Crippen LogP contribution in [0.3, 0.4) is 0 Å². The Bertz CT molecular complexity index is 848. The number of hydrogen-bond donors (Lipinski definition) is 1. The molecule has 3 nitrogen and oxygen atoms in total. The molecule has 0 aliphatic rings. The fraction of sp³-hybridized carbons (Fsp3) is 0.227. The number of benzene rings is 3. The second-order valence-corrected chi connectivity index (χ2v) is 6.34. The maximum absolute atomic E-state index is 12.5. The van der Waals surface area contributed by atoms with Gasteiger partial charge in [-0.3, -0.25) is 4.79 Å². The topological polar surface area (TPSA) is 38.3 Å². The molecule has 0 saturated carbocycles. The number of nitrogens with one attached hydrogen (secondary N) is 1. The lowest BCUT2D eigenvalue weighted by atomic mass is 10.0. The molecule has 0 radical (unpaired) electrons. The first kappa shape index (κ1) is 17.0. The maximum atomic E-state index is 12.5. The zero-order valence-electron chi connectivity index (χ0n) is 14.7. The summed E-state index contributed by atoms with van der Waals surface area (Å²) in [7, 11) is 0. The number of rotatable bonds is 6. The van der Waals surface area contributed by atoms with Crippen molar-refractivity contribution in [3.63, 3.8) is 0 Å². The summed E-state index contributed by atoms with van der Waals surface area (Å²) in [6.45, 7) is 4.62. The summed E-state index contributed by atoms with van der Waals surface area (Å²) in [5, 5.41) is 5.08. The van der Waals surface area contributed by atoms with Crippen LogP contribution in [0, 0.1) is 0 Å². The molecule has 1 amide bonds.